The van der Waals surface area contributed by atoms with Crippen LogP contribution in [0.15, 0.2) is 0 Å². The largest absolute Gasteiger partial charge is 0.447 e. The van der Waals surface area contributed by atoms with Crippen LogP contribution < -0.4 is 0 Å². The molecule has 1 unspecified atom stereocenters. The van der Waals surface area contributed by atoms with E-state index in [4.69, 9.17) is 13.1 Å². The van der Waals surface area contributed by atoms with E-state index in [1.807, 2.05) is 0 Å². The second kappa shape index (κ2) is 3.10. The van der Waals surface area contributed by atoms with Crippen molar-refractivity contribution in [3.8, 4) is 0 Å². The first-order valence-corrected chi connectivity index (χ1v) is 6.41. The molecule has 0 aromatic heterocycles. The molecule has 8 heteroatoms. The molecule has 0 aromatic rings. The molecule has 1 amide bonds. The number of aliphatic hydroxyl groups is 1. The van der Waals surface area contributed by atoms with E-state index < -0.39 is 34.5 Å². The molecule has 16 heavy (non-hydrogen) atoms. The number of nitrogens with zero attached hydrogens (tertiary/aromatic N) is 1. The van der Waals surface area contributed by atoms with Crippen molar-refractivity contribution < 1.29 is 27.2 Å². The summed E-state index contributed by atoms with van der Waals surface area (Å²) in [7, 11) is -3.07. The second-order valence-corrected chi connectivity index (χ2v) is 5.54. The van der Waals surface area contributed by atoms with Crippen molar-refractivity contribution in [2.75, 3.05) is 13.2 Å². The van der Waals surface area contributed by atoms with Crippen LogP contribution in [0.1, 0.15) is 0 Å². The highest BCUT2D eigenvalue weighted by atomic mass is 32.2. The van der Waals surface area contributed by atoms with Crippen molar-refractivity contribution in [2.45, 2.75) is 24.4 Å². The van der Waals surface area contributed by atoms with E-state index in [1.165, 1.54) is 4.90 Å². The van der Waals surface area contributed by atoms with E-state index in [2.05, 4.69) is 5.87 Å². The Morgan fingerprint density at radius 1 is 1.44 bits per heavy atom. The van der Waals surface area contributed by atoms with Crippen LogP contribution in [0, 0.1) is 0 Å². The van der Waals surface area contributed by atoms with E-state index in [0.29, 0.717) is 0 Å². The molecule has 1 N–H and O–H groups in total. The first-order valence-electron chi connectivity index (χ1n) is 4.83. The third-order valence-corrected chi connectivity index (χ3v) is 4.02. The maximum absolute atomic E-state index is 11.6. The summed E-state index contributed by atoms with van der Waals surface area (Å²) >= 11 is 0. The van der Waals surface area contributed by atoms with Crippen LogP contribution in [0.25, 0.3) is 0 Å². The van der Waals surface area contributed by atoms with Crippen LogP contribution in [0.4, 0.5) is 4.79 Å². The Morgan fingerprint density at radius 3 is 2.88 bits per heavy atom. The minimum Gasteiger partial charge on any atom is -0.447 e. The molecule has 7 nitrogen and oxygen atoms in total. The van der Waals surface area contributed by atoms with Crippen molar-refractivity contribution in [1.82, 2.24) is 4.90 Å². The Bertz CT molecular complexity index is 434. The van der Waals surface area contributed by atoms with E-state index >= 15 is 0 Å². The molecule has 3 aliphatic heterocycles. The number of fused-ring (bicyclic) bond motifs is 3. The molecule has 0 aliphatic carbocycles. The van der Waals surface area contributed by atoms with Crippen molar-refractivity contribution >= 4 is 22.0 Å². The number of carbonyl (C=O) groups is 1. The number of aliphatic hydroxyl groups excluding tert-OH is 1. The topological polar surface area (TPSA) is 85.3 Å². The van der Waals surface area contributed by atoms with Crippen LogP contribution in [-0.4, -0.2) is 63.7 Å². The Morgan fingerprint density at radius 2 is 2.12 bits per heavy atom. The number of rotatable bonds is 0. The van der Waals surface area contributed by atoms with Gasteiger partial charge in [0.1, 0.15) is 24.9 Å². The number of cyclic esters (lactones) is 1. The summed E-state index contributed by atoms with van der Waals surface area (Å²) in [5.74, 6) is 3.29. The lowest BCUT2D eigenvalue weighted by Gasteiger charge is -2.36. The maximum atomic E-state index is 11.6. The van der Waals surface area contributed by atoms with Crippen molar-refractivity contribution in [3.05, 3.63) is 0 Å². The Balaban J connectivity index is 1.94. The molecular formula is C8H11NO6S. The number of hydrogen-bond donors (Lipinski definition) is 1. The van der Waals surface area contributed by atoms with Gasteiger partial charge in [-0.1, -0.05) is 0 Å². The third-order valence-electron chi connectivity index (χ3n) is 2.99. The Hall–Kier alpha value is -0.830. The number of piperidine rings is 1. The van der Waals surface area contributed by atoms with E-state index in [9.17, 15) is 14.1 Å². The van der Waals surface area contributed by atoms with Crippen molar-refractivity contribution in [2.24, 2.45) is 0 Å². The molecule has 0 aromatic carbocycles. The molecule has 0 radical (unpaired) electrons. The van der Waals surface area contributed by atoms with Gasteiger partial charge >= 0.3 is 6.09 Å². The zero-order chi connectivity index (χ0) is 11.5. The van der Waals surface area contributed by atoms with Gasteiger partial charge in [-0.25, -0.2) is 9.00 Å². The fraction of sp³-hybridized carbons (Fsp3) is 0.750. The van der Waals surface area contributed by atoms with Crippen LogP contribution in [-0.2, 0) is 23.2 Å². The highest BCUT2D eigenvalue weighted by Crippen LogP contribution is 2.34. The predicted octanol–water partition coefficient (Wildman–Crippen LogP) is -1.49. The summed E-state index contributed by atoms with van der Waals surface area (Å²) in [6.07, 6.45) is -2.77. The zero-order valence-electron chi connectivity index (χ0n) is 8.27. The summed E-state index contributed by atoms with van der Waals surface area (Å²) in [5, 5.41) is 9.77. The Kier molecular flexibility index (Phi) is 2.00. The summed E-state index contributed by atoms with van der Waals surface area (Å²) in [6, 6.07) is -0.356. The van der Waals surface area contributed by atoms with Gasteiger partial charge in [-0.2, -0.15) is 0 Å². The average molecular weight is 249 g/mol. The van der Waals surface area contributed by atoms with Crippen LogP contribution >= 0.6 is 0 Å². The molecule has 3 saturated heterocycles. The number of hydrogen-bond acceptors (Lipinski definition) is 6. The minimum atomic E-state index is -3.07. The van der Waals surface area contributed by atoms with Crippen LogP contribution in [0.3, 0.4) is 0 Å². The molecule has 90 valence electrons. The first kappa shape index (κ1) is 10.3. The van der Waals surface area contributed by atoms with Crippen LogP contribution in [0.2, 0.25) is 0 Å². The SMILES string of the molecule is C=S1(=O)O[C@H]2[C@H](O1)[C@@H](O)CN1C(=O)OC[C@H]21. The van der Waals surface area contributed by atoms with Gasteiger partial charge in [0.15, 0.2) is 10.1 Å². The lowest BCUT2D eigenvalue weighted by Crippen LogP contribution is -2.59. The molecule has 0 spiro atoms. The minimum absolute atomic E-state index is 0.101. The normalized spacial score (nSPS) is 51.1. The van der Waals surface area contributed by atoms with Crippen molar-refractivity contribution in [3.63, 3.8) is 0 Å². The fourth-order valence-electron chi connectivity index (χ4n) is 2.29. The van der Waals surface area contributed by atoms with Crippen LogP contribution in [0.5, 0.6) is 0 Å². The van der Waals surface area contributed by atoms with Gasteiger partial charge in [0, 0.05) is 5.87 Å². The standard InChI is InChI=1S/C8H11NO6S/c1-16(12)14-6-4-3-13-8(11)9(4)2-5(10)7(6)15-16/h4-7,10H,1-3H2/t4-,5+,6-,7-,16?/m1/s1. The highest BCUT2D eigenvalue weighted by Gasteiger charge is 2.55. The molecular weight excluding hydrogens is 238 g/mol. The lowest BCUT2D eigenvalue weighted by molar-refractivity contribution is -0.0535. The number of ether oxygens (including phenoxy) is 1. The molecule has 3 rings (SSSR count). The van der Waals surface area contributed by atoms with Gasteiger partial charge < -0.3 is 9.84 Å². The molecule has 3 fully saturated rings. The van der Waals surface area contributed by atoms with Gasteiger partial charge in [0.2, 0.25) is 0 Å². The monoisotopic (exact) mass is 249 g/mol. The summed E-state index contributed by atoms with van der Waals surface area (Å²) in [5.41, 5.74) is 0. The van der Waals surface area contributed by atoms with Gasteiger partial charge in [0.05, 0.1) is 12.6 Å². The van der Waals surface area contributed by atoms with E-state index in [1.54, 1.807) is 0 Å². The van der Waals surface area contributed by atoms with E-state index in [-0.39, 0.29) is 19.2 Å². The molecule has 5 atom stereocenters. The summed E-state index contributed by atoms with van der Waals surface area (Å²) in [6.45, 7) is 0.259. The summed E-state index contributed by atoms with van der Waals surface area (Å²) < 4.78 is 26.6. The quantitative estimate of drug-likeness (QED) is 0.527. The molecule has 0 bridgehead atoms. The van der Waals surface area contributed by atoms with Gasteiger partial charge in [-0.3, -0.25) is 13.3 Å². The average Bonchev–Trinajstić information content (AvgIpc) is 2.68. The first-order chi connectivity index (χ1) is 7.48. The molecule has 3 aliphatic rings. The van der Waals surface area contributed by atoms with Crippen molar-refractivity contribution in [1.29, 1.82) is 0 Å². The molecule has 3 heterocycles. The lowest BCUT2D eigenvalue weighted by atomic mass is 9.95. The second-order valence-electron chi connectivity index (χ2n) is 4.04. The number of amides is 1. The zero-order valence-corrected chi connectivity index (χ0v) is 9.09. The van der Waals surface area contributed by atoms with Gasteiger partial charge in [-0.15, -0.1) is 0 Å². The highest BCUT2D eigenvalue weighted by molar-refractivity contribution is 7.91. The Labute approximate surface area is 92.3 Å². The molecule has 0 saturated carbocycles. The predicted molar refractivity (Wildman–Crippen MR) is 52.9 cm³/mol. The third kappa shape index (κ3) is 1.34. The smallest absolute Gasteiger partial charge is 0.410 e. The summed E-state index contributed by atoms with van der Waals surface area (Å²) in [4.78, 5) is 12.7. The fourth-order valence-corrected chi connectivity index (χ4v) is 3.49. The number of carbonyl (C=O) groups excluding carboxylic acids is 1. The van der Waals surface area contributed by atoms with E-state index in [0.717, 1.165) is 0 Å². The van der Waals surface area contributed by atoms with Gasteiger partial charge in [0.25, 0.3) is 0 Å². The maximum Gasteiger partial charge on any atom is 0.410 e. The van der Waals surface area contributed by atoms with Gasteiger partial charge in [-0.05, 0) is 0 Å².